The van der Waals surface area contributed by atoms with Gasteiger partial charge in [-0.2, -0.15) is 13.2 Å². The Balaban J connectivity index is 2.03. The first-order valence-corrected chi connectivity index (χ1v) is 8.72. The van der Waals surface area contributed by atoms with Gasteiger partial charge in [-0.15, -0.1) is 0 Å². The van der Waals surface area contributed by atoms with Gasteiger partial charge in [-0.3, -0.25) is 4.99 Å². The van der Waals surface area contributed by atoms with Gasteiger partial charge in [0.05, 0.1) is 39.0 Å². The number of aliphatic imine (C=N–C) groups is 1. The molecule has 0 saturated carbocycles. The molecule has 0 atom stereocenters. The third-order valence-electron chi connectivity index (χ3n) is 4.21. The standard InChI is InChI=1S/C20H24F3N3O3/c1-24-19(25-11-13-5-7-14(8-6-13)20(21,22)23)26-12-16-17(28-3)9-15(27-2)10-18(16)29-4/h5-10H,11-12H2,1-4H3,(H2,24,25,26). The largest absolute Gasteiger partial charge is 0.496 e. The Morgan fingerprint density at radius 2 is 1.45 bits per heavy atom. The van der Waals surface area contributed by atoms with Crippen molar-refractivity contribution >= 4 is 5.96 Å². The van der Waals surface area contributed by atoms with Crippen LogP contribution in [0.5, 0.6) is 17.2 Å². The average molecular weight is 411 g/mol. The quantitative estimate of drug-likeness (QED) is 0.539. The van der Waals surface area contributed by atoms with Crippen molar-refractivity contribution in [3.8, 4) is 17.2 Å². The van der Waals surface area contributed by atoms with Crippen molar-refractivity contribution in [2.75, 3.05) is 28.4 Å². The first-order valence-electron chi connectivity index (χ1n) is 8.72. The molecule has 2 rings (SSSR count). The van der Waals surface area contributed by atoms with E-state index in [0.29, 0.717) is 41.9 Å². The molecule has 0 fully saturated rings. The van der Waals surface area contributed by atoms with Crippen molar-refractivity contribution in [1.82, 2.24) is 10.6 Å². The van der Waals surface area contributed by atoms with Crippen molar-refractivity contribution in [2.45, 2.75) is 19.3 Å². The zero-order chi connectivity index (χ0) is 21.4. The molecule has 2 N–H and O–H groups in total. The molecule has 0 amide bonds. The van der Waals surface area contributed by atoms with Crippen molar-refractivity contribution in [2.24, 2.45) is 4.99 Å². The summed E-state index contributed by atoms with van der Waals surface area (Å²) in [6.45, 7) is 0.664. The maximum absolute atomic E-state index is 12.6. The van der Waals surface area contributed by atoms with Gasteiger partial charge in [0.2, 0.25) is 0 Å². The minimum absolute atomic E-state index is 0.314. The molecule has 0 heterocycles. The second kappa shape index (κ2) is 9.90. The highest BCUT2D eigenvalue weighted by molar-refractivity contribution is 5.79. The predicted molar refractivity (Wildman–Crippen MR) is 105 cm³/mol. The van der Waals surface area contributed by atoms with Crippen LogP contribution in [0, 0.1) is 0 Å². The molecular weight excluding hydrogens is 387 g/mol. The zero-order valence-corrected chi connectivity index (χ0v) is 16.7. The lowest BCUT2D eigenvalue weighted by atomic mass is 10.1. The second-order valence-electron chi connectivity index (χ2n) is 5.98. The molecule has 0 aliphatic rings. The molecular formula is C20H24F3N3O3. The Bertz CT molecular complexity index is 812. The summed E-state index contributed by atoms with van der Waals surface area (Å²) >= 11 is 0. The van der Waals surface area contributed by atoms with Crippen LogP contribution in [-0.4, -0.2) is 34.3 Å². The fourth-order valence-corrected chi connectivity index (χ4v) is 2.64. The van der Waals surface area contributed by atoms with E-state index in [9.17, 15) is 13.2 Å². The molecule has 2 aromatic rings. The number of hydrogen-bond acceptors (Lipinski definition) is 4. The van der Waals surface area contributed by atoms with E-state index in [1.807, 2.05) is 0 Å². The first kappa shape index (κ1) is 22.2. The van der Waals surface area contributed by atoms with Gasteiger partial charge in [0.25, 0.3) is 0 Å². The fourth-order valence-electron chi connectivity index (χ4n) is 2.64. The molecule has 0 spiro atoms. The minimum Gasteiger partial charge on any atom is -0.496 e. The van der Waals surface area contributed by atoms with E-state index in [1.165, 1.54) is 12.1 Å². The lowest BCUT2D eigenvalue weighted by molar-refractivity contribution is -0.137. The number of rotatable bonds is 7. The van der Waals surface area contributed by atoms with Crippen LogP contribution >= 0.6 is 0 Å². The third-order valence-corrected chi connectivity index (χ3v) is 4.21. The molecule has 2 aromatic carbocycles. The highest BCUT2D eigenvalue weighted by Crippen LogP contribution is 2.34. The lowest BCUT2D eigenvalue weighted by Gasteiger charge is -2.17. The van der Waals surface area contributed by atoms with E-state index in [2.05, 4.69) is 15.6 Å². The van der Waals surface area contributed by atoms with Crippen LogP contribution in [0.4, 0.5) is 13.2 Å². The summed E-state index contributed by atoms with van der Waals surface area (Å²) < 4.78 is 54.0. The lowest BCUT2D eigenvalue weighted by Crippen LogP contribution is -2.36. The van der Waals surface area contributed by atoms with Gasteiger partial charge in [0, 0.05) is 25.7 Å². The SMILES string of the molecule is CN=C(NCc1ccc(C(F)(F)F)cc1)NCc1c(OC)cc(OC)cc1OC. The molecule has 0 radical (unpaired) electrons. The third kappa shape index (κ3) is 5.94. The summed E-state index contributed by atoms with van der Waals surface area (Å²) in [7, 11) is 6.26. The molecule has 0 saturated heterocycles. The van der Waals surface area contributed by atoms with Gasteiger partial charge in [-0.1, -0.05) is 12.1 Å². The molecule has 6 nitrogen and oxygen atoms in total. The summed E-state index contributed by atoms with van der Waals surface area (Å²) in [5.41, 5.74) is 0.788. The minimum atomic E-state index is -4.35. The number of halogens is 3. The van der Waals surface area contributed by atoms with Crippen molar-refractivity contribution in [3.63, 3.8) is 0 Å². The molecule has 0 aliphatic heterocycles. The van der Waals surface area contributed by atoms with E-state index in [4.69, 9.17) is 14.2 Å². The number of benzene rings is 2. The summed E-state index contributed by atoms with van der Waals surface area (Å²) in [5, 5.41) is 6.20. The van der Waals surface area contributed by atoms with Gasteiger partial charge in [-0.25, -0.2) is 0 Å². The van der Waals surface area contributed by atoms with Crippen LogP contribution in [0.2, 0.25) is 0 Å². The molecule has 0 aliphatic carbocycles. The molecule has 0 bridgehead atoms. The summed E-state index contributed by atoms with van der Waals surface area (Å²) in [6, 6.07) is 8.47. The van der Waals surface area contributed by atoms with Crippen LogP contribution in [0.3, 0.4) is 0 Å². The number of nitrogens with zero attached hydrogens (tertiary/aromatic N) is 1. The topological polar surface area (TPSA) is 64.1 Å². The van der Waals surface area contributed by atoms with E-state index in [1.54, 1.807) is 40.5 Å². The fraction of sp³-hybridized carbons (Fsp3) is 0.350. The van der Waals surface area contributed by atoms with E-state index in [0.717, 1.165) is 17.7 Å². The summed E-state index contributed by atoms with van der Waals surface area (Å²) in [4.78, 5) is 4.13. The van der Waals surface area contributed by atoms with E-state index >= 15 is 0 Å². The number of alkyl halides is 3. The van der Waals surface area contributed by atoms with Crippen LogP contribution in [0.1, 0.15) is 16.7 Å². The second-order valence-corrected chi connectivity index (χ2v) is 5.98. The van der Waals surface area contributed by atoms with E-state index < -0.39 is 11.7 Å². The van der Waals surface area contributed by atoms with Gasteiger partial charge < -0.3 is 24.8 Å². The van der Waals surface area contributed by atoms with Crippen LogP contribution in [0.15, 0.2) is 41.4 Å². The smallest absolute Gasteiger partial charge is 0.416 e. The number of nitrogens with one attached hydrogen (secondary N) is 2. The Labute approximate surface area is 167 Å². The maximum Gasteiger partial charge on any atom is 0.416 e. The van der Waals surface area contributed by atoms with E-state index in [-0.39, 0.29) is 0 Å². The van der Waals surface area contributed by atoms with Crippen LogP contribution < -0.4 is 24.8 Å². The van der Waals surface area contributed by atoms with Crippen molar-refractivity contribution in [3.05, 3.63) is 53.1 Å². The summed E-state index contributed by atoms with van der Waals surface area (Å²) in [6.07, 6.45) is -4.35. The Hall–Kier alpha value is -3.10. The monoisotopic (exact) mass is 411 g/mol. The van der Waals surface area contributed by atoms with Gasteiger partial charge >= 0.3 is 6.18 Å². The highest BCUT2D eigenvalue weighted by Gasteiger charge is 2.29. The molecule has 0 aromatic heterocycles. The number of methoxy groups -OCH3 is 3. The summed E-state index contributed by atoms with van der Waals surface area (Å²) in [5.74, 6) is 2.26. The highest BCUT2D eigenvalue weighted by atomic mass is 19.4. The Morgan fingerprint density at radius 1 is 0.897 bits per heavy atom. The zero-order valence-electron chi connectivity index (χ0n) is 16.7. The van der Waals surface area contributed by atoms with Gasteiger partial charge in [0.1, 0.15) is 17.2 Å². The van der Waals surface area contributed by atoms with Crippen molar-refractivity contribution in [1.29, 1.82) is 0 Å². The van der Waals surface area contributed by atoms with Crippen LogP contribution in [-0.2, 0) is 19.3 Å². The average Bonchev–Trinajstić information content (AvgIpc) is 2.73. The predicted octanol–water partition coefficient (Wildman–Crippen LogP) is 3.60. The first-order chi connectivity index (χ1) is 13.8. The maximum atomic E-state index is 12.6. The van der Waals surface area contributed by atoms with Gasteiger partial charge in [-0.05, 0) is 17.7 Å². The molecule has 0 unspecified atom stereocenters. The Kier molecular flexibility index (Phi) is 7.58. The molecule has 158 valence electrons. The van der Waals surface area contributed by atoms with Crippen molar-refractivity contribution < 1.29 is 27.4 Å². The van der Waals surface area contributed by atoms with Crippen LogP contribution in [0.25, 0.3) is 0 Å². The number of ether oxygens (including phenoxy) is 3. The van der Waals surface area contributed by atoms with Gasteiger partial charge in [0.15, 0.2) is 5.96 Å². The normalized spacial score (nSPS) is 11.8. The molecule has 29 heavy (non-hydrogen) atoms. The number of hydrogen-bond donors (Lipinski definition) is 2. The number of guanidine groups is 1. The Morgan fingerprint density at radius 3 is 1.90 bits per heavy atom. The molecule has 9 heteroatoms.